The highest BCUT2D eigenvalue weighted by Crippen LogP contribution is 2.31. The topological polar surface area (TPSA) is 69.4 Å². The summed E-state index contributed by atoms with van der Waals surface area (Å²) >= 11 is 1.59. The van der Waals surface area contributed by atoms with Gasteiger partial charge in [-0.1, -0.05) is 30.0 Å². The van der Waals surface area contributed by atoms with Gasteiger partial charge in [0.1, 0.15) is 16.6 Å². The summed E-state index contributed by atoms with van der Waals surface area (Å²) in [6.45, 7) is 3.88. The van der Waals surface area contributed by atoms with Crippen molar-refractivity contribution in [2.24, 2.45) is 0 Å². The predicted molar refractivity (Wildman–Crippen MR) is 104 cm³/mol. The van der Waals surface area contributed by atoms with Crippen molar-refractivity contribution >= 4 is 28.4 Å². The van der Waals surface area contributed by atoms with E-state index in [0.29, 0.717) is 11.6 Å². The van der Waals surface area contributed by atoms with E-state index in [-0.39, 0.29) is 0 Å². The number of aryl methyl sites for hydroxylation is 2. The molecular weight excluding hydrogens is 360 g/mol. The van der Waals surface area contributed by atoms with E-state index in [1.54, 1.807) is 18.0 Å². The molecule has 0 fully saturated rings. The van der Waals surface area contributed by atoms with E-state index in [1.807, 2.05) is 56.3 Å². The molecule has 27 heavy (non-hydrogen) atoms. The quantitative estimate of drug-likeness (QED) is 0.409. The molecule has 4 aromatic heterocycles. The molecule has 0 aliphatic rings. The van der Waals surface area contributed by atoms with Crippen LogP contribution in [0.15, 0.2) is 62.6 Å². The van der Waals surface area contributed by atoms with E-state index >= 15 is 0 Å². The summed E-state index contributed by atoms with van der Waals surface area (Å²) in [5.41, 5.74) is 4.71. The van der Waals surface area contributed by atoms with E-state index in [9.17, 15) is 0 Å². The molecule has 0 radical (unpaired) electrons. The van der Waals surface area contributed by atoms with Crippen LogP contribution in [0.3, 0.4) is 0 Å². The Morgan fingerprint density at radius 3 is 2.74 bits per heavy atom. The Morgan fingerprint density at radius 1 is 1.04 bits per heavy atom. The van der Waals surface area contributed by atoms with Gasteiger partial charge in [-0.05, 0) is 26.0 Å². The van der Waals surface area contributed by atoms with Gasteiger partial charge in [-0.15, -0.1) is 10.2 Å². The van der Waals surface area contributed by atoms with Crippen LogP contribution in [0.2, 0.25) is 0 Å². The number of hydrogen-bond acceptors (Lipinski definition) is 6. The number of hydrogen-bond donors (Lipinski definition) is 0. The Bertz CT molecular complexity index is 1250. The molecule has 0 atom stereocenters. The van der Waals surface area contributed by atoms with Crippen molar-refractivity contribution in [2.75, 3.05) is 0 Å². The van der Waals surface area contributed by atoms with E-state index in [4.69, 9.17) is 8.83 Å². The molecule has 0 saturated carbocycles. The smallest absolute Gasteiger partial charge is 0.226 e. The lowest BCUT2D eigenvalue weighted by Gasteiger charge is -2.04. The summed E-state index contributed by atoms with van der Waals surface area (Å²) < 4.78 is 13.5. The van der Waals surface area contributed by atoms with Gasteiger partial charge in [-0.3, -0.25) is 4.40 Å². The number of aromatic nitrogens is 4. The summed E-state index contributed by atoms with van der Waals surface area (Å²) in [6, 6.07) is 13.9. The van der Waals surface area contributed by atoms with Crippen LogP contribution in [0.25, 0.3) is 28.1 Å². The molecule has 0 bridgehead atoms. The molecule has 0 saturated heterocycles. The number of nitrogens with zero attached hydrogens (tertiary/aromatic N) is 4. The maximum Gasteiger partial charge on any atom is 0.226 e. The third-order valence-corrected chi connectivity index (χ3v) is 5.49. The van der Waals surface area contributed by atoms with Crippen LogP contribution >= 0.6 is 11.8 Å². The third kappa shape index (κ3) is 2.71. The van der Waals surface area contributed by atoms with Crippen LogP contribution in [0.5, 0.6) is 0 Å². The maximum atomic E-state index is 5.85. The number of benzene rings is 1. The summed E-state index contributed by atoms with van der Waals surface area (Å²) in [5.74, 6) is 2.95. The van der Waals surface area contributed by atoms with Crippen molar-refractivity contribution in [2.45, 2.75) is 24.6 Å². The molecule has 0 N–H and O–H groups in total. The van der Waals surface area contributed by atoms with Crippen molar-refractivity contribution in [1.82, 2.24) is 19.6 Å². The molecule has 4 heterocycles. The molecule has 5 rings (SSSR count). The summed E-state index contributed by atoms with van der Waals surface area (Å²) in [5, 5.41) is 9.53. The minimum absolute atomic E-state index is 0.643. The second kappa shape index (κ2) is 6.28. The zero-order chi connectivity index (χ0) is 18.4. The Balaban J connectivity index is 1.47. The van der Waals surface area contributed by atoms with Crippen molar-refractivity contribution in [3.63, 3.8) is 0 Å². The highest BCUT2D eigenvalue weighted by atomic mass is 32.2. The second-order valence-corrected chi connectivity index (χ2v) is 7.23. The Kier molecular flexibility index (Phi) is 3.75. The fourth-order valence-electron chi connectivity index (χ4n) is 3.15. The summed E-state index contributed by atoms with van der Waals surface area (Å²) in [6.07, 6.45) is 1.69. The van der Waals surface area contributed by atoms with Gasteiger partial charge in [0.15, 0.2) is 5.58 Å². The highest BCUT2D eigenvalue weighted by Gasteiger charge is 2.16. The lowest BCUT2D eigenvalue weighted by atomic mass is 10.2. The van der Waals surface area contributed by atoms with Gasteiger partial charge in [-0.25, -0.2) is 4.98 Å². The fraction of sp³-hybridized carbons (Fsp3) is 0.150. The largest absolute Gasteiger partial charge is 0.463 e. The standard InChI is InChI=1S/C20H16N4O2S/c1-12-15(21-19(26-12)14-6-4-3-5-7-14)11-27-20-17-10-18-16(8-9-25-18)24(17)13(2)22-23-20/h3-10H,11H2,1-2H3. The Hall–Kier alpha value is -3.06. The number of oxazole rings is 1. The molecule has 6 nitrogen and oxygen atoms in total. The molecule has 1 aromatic carbocycles. The summed E-state index contributed by atoms with van der Waals surface area (Å²) in [7, 11) is 0. The first-order chi connectivity index (χ1) is 13.2. The van der Waals surface area contributed by atoms with Crippen LogP contribution in [0.1, 0.15) is 17.3 Å². The molecule has 134 valence electrons. The molecule has 7 heteroatoms. The van der Waals surface area contributed by atoms with Crippen LogP contribution < -0.4 is 0 Å². The number of rotatable bonds is 4. The van der Waals surface area contributed by atoms with Gasteiger partial charge in [0.05, 0.1) is 23.0 Å². The first-order valence-corrected chi connectivity index (χ1v) is 9.56. The van der Waals surface area contributed by atoms with Crippen molar-refractivity contribution in [1.29, 1.82) is 0 Å². The molecule has 0 amide bonds. The SMILES string of the molecule is Cc1oc(-c2ccccc2)nc1CSc1nnc(C)n2c1cc1occc12. The predicted octanol–water partition coefficient (Wildman–Crippen LogP) is 5.04. The van der Waals surface area contributed by atoms with Crippen LogP contribution in [-0.2, 0) is 5.75 Å². The second-order valence-electron chi connectivity index (χ2n) is 6.26. The monoisotopic (exact) mass is 376 g/mol. The van der Waals surface area contributed by atoms with Crippen LogP contribution in [-0.4, -0.2) is 19.6 Å². The molecule has 5 aromatic rings. The molecule has 0 unspecified atom stereocenters. The Morgan fingerprint density at radius 2 is 1.89 bits per heavy atom. The van der Waals surface area contributed by atoms with Crippen molar-refractivity contribution < 1.29 is 8.83 Å². The van der Waals surface area contributed by atoms with E-state index in [2.05, 4.69) is 19.6 Å². The van der Waals surface area contributed by atoms with Crippen LogP contribution in [0, 0.1) is 13.8 Å². The fourth-order valence-corrected chi connectivity index (χ4v) is 4.09. The number of furan rings is 1. The maximum absolute atomic E-state index is 5.85. The zero-order valence-electron chi connectivity index (χ0n) is 14.8. The van der Waals surface area contributed by atoms with Gasteiger partial charge in [0.2, 0.25) is 5.89 Å². The van der Waals surface area contributed by atoms with Crippen LogP contribution in [0.4, 0.5) is 0 Å². The minimum atomic E-state index is 0.643. The number of fused-ring (bicyclic) bond motifs is 3. The summed E-state index contributed by atoms with van der Waals surface area (Å²) in [4.78, 5) is 4.66. The van der Waals surface area contributed by atoms with E-state index in [1.165, 1.54) is 0 Å². The average molecular weight is 376 g/mol. The first-order valence-electron chi connectivity index (χ1n) is 8.57. The zero-order valence-corrected chi connectivity index (χ0v) is 15.7. The minimum Gasteiger partial charge on any atom is -0.463 e. The number of thioether (sulfide) groups is 1. The highest BCUT2D eigenvalue weighted by molar-refractivity contribution is 7.98. The lowest BCUT2D eigenvalue weighted by molar-refractivity contribution is 0.540. The van der Waals surface area contributed by atoms with Crippen molar-refractivity contribution in [3.05, 3.63) is 66.0 Å². The van der Waals surface area contributed by atoms with Crippen molar-refractivity contribution in [3.8, 4) is 11.5 Å². The average Bonchev–Trinajstić information content (AvgIpc) is 3.36. The third-order valence-electron chi connectivity index (χ3n) is 4.51. The molecule has 0 aliphatic carbocycles. The van der Waals surface area contributed by atoms with E-state index in [0.717, 1.165) is 44.5 Å². The van der Waals surface area contributed by atoms with E-state index < -0.39 is 0 Å². The molecule has 0 aliphatic heterocycles. The molecule has 0 spiro atoms. The van der Waals surface area contributed by atoms with Gasteiger partial charge >= 0.3 is 0 Å². The van der Waals surface area contributed by atoms with Gasteiger partial charge in [0.25, 0.3) is 0 Å². The van der Waals surface area contributed by atoms with Gasteiger partial charge < -0.3 is 8.83 Å². The lowest BCUT2D eigenvalue weighted by Crippen LogP contribution is -2.00. The molecular formula is C20H16N4O2S. The van der Waals surface area contributed by atoms with Gasteiger partial charge in [-0.2, -0.15) is 0 Å². The van der Waals surface area contributed by atoms with Gasteiger partial charge in [0, 0.05) is 23.4 Å². The first kappa shape index (κ1) is 16.1. The normalized spacial score (nSPS) is 11.6. The Labute approximate surface area is 159 Å².